The Morgan fingerprint density at radius 3 is 2.33 bits per heavy atom. The van der Waals surface area contributed by atoms with Gasteiger partial charge in [-0.3, -0.25) is 19.7 Å². The number of rotatable bonds is 4. The van der Waals surface area contributed by atoms with Crippen molar-refractivity contribution in [3.05, 3.63) is 63.2 Å². The zero-order valence-corrected chi connectivity index (χ0v) is 13.7. The molecule has 0 bridgehead atoms. The highest BCUT2D eigenvalue weighted by molar-refractivity contribution is 6.32. The molecule has 0 spiro atoms. The quantitative estimate of drug-likeness (QED) is 0.676. The van der Waals surface area contributed by atoms with Crippen LogP contribution in [0.2, 0.25) is 5.02 Å². The third-order valence-electron chi connectivity index (χ3n) is 3.39. The SMILES string of the molecule is CC(=O)N(C)c1ccc(NC(=O)c2ccc(Cl)c([N+](=O)[O-])c2)cc1. The molecular formula is C16H14ClN3O4. The molecule has 0 aliphatic carbocycles. The lowest BCUT2D eigenvalue weighted by Gasteiger charge is -2.15. The number of carbonyl (C=O) groups is 2. The molecule has 8 heteroatoms. The number of halogens is 1. The van der Waals surface area contributed by atoms with Gasteiger partial charge in [-0.2, -0.15) is 0 Å². The fourth-order valence-electron chi connectivity index (χ4n) is 1.95. The highest BCUT2D eigenvalue weighted by Crippen LogP contribution is 2.25. The van der Waals surface area contributed by atoms with Crippen molar-refractivity contribution in [2.24, 2.45) is 0 Å². The molecule has 2 rings (SSSR count). The van der Waals surface area contributed by atoms with E-state index < -0.39 is 10.8 Å². The summed E-state index contributed by atoms with van der Waals surface area (Å²) in [6.07, 6.45) is 0. The molecule has 0 saturated heterocycles. The van der Waals surface area contributed by atoms with Crippen molar-refractivity contribution in [2.75, 3.05) is 17.3 Å². The van der Waals surface area contributed by atoms with E-state index in [1.807, 2.05) is 0 Å². The molecule has 0 aliphatic rings. The molecule has 24 heavy (non-hydrogen) atoms. The highest BCUT2D eigenvalue weighted by Gasteiger charge is 2.16. The van der Waals surface area contributed by atoms with Crippen LogP contribution in [0.4, 0.5) is 17.1 Å². The number of nitro groups is 1. The van der Waals surface area contributed by atoms with Crippen LogP contribution in [0.5, 0.6) is 0 Å². The first-order valence-electron chi connectivity index (χ1n) is 6.89. The molecule has 0 atom stereocenters. The van der Waals surface area contributed by atoms with Crippen LogP contribution in [0.1, 0.15) is 17.3 Å². The van der Waals surface area contributed by atoms with Gasteiger partial charge in [0.15, 0.2) is 0 Å². The minimum absolute atomic E-state index is 0.0341. The molecule has 0 aromatic heterocycles. The summed E-state index contributed by atoms with van der Waals surface area (Å²) in [7, 11) is 1.64. The summed E-state index contributed by atoms with van der Waals surface area (Å²) in [4.78, 5) is 35.2. The number of nitrogens with zero attached hydrogens (tertiary/aromatic N) is 2. The fraction of sp³-hybridized carbons (Fsp3) is 0.125. The maximum Gasteiger partial charge on any atom is 0.288 e. The highest BCUT2D eigenvalue weighted by atomic mass is 35.5. The van der Waals surface area contributed by atoms with E-state index in [4.69, 9.17) is 11.6 Å². The summed E-state index contributed by atoms with van der Waals surface area (Å²) >= 11 is 5.72. The molecule has 0 heterocycles. The summed E-state index contributed by atoms with van der Waals surface area (Å²) in [5.74, 6) is -0.609. The minimum Gasteiger partial charge on any atom is -0.322 e. The Morgan fingerprint density at radius 1 is 1.17 bits per heavy atom. The van der Waals surface area contributed by atoms with E-state index in [0.717, 1.165) is 6.07 Å². The second-order valence-corrected chi connectivity index (χ2v) is 5.41. The number of carbonyl (C=O) groups excluding carboxylic acids is 2. The Morgan fingerprint density at radius 2 is 1.79 bits per heavy atom. The lowest BCUT2D eigenvalue weighted by Crippen LogP contribution is -2.22. The molecule has 0 saturated carbocycles. The van der Waals surface area contributed by atoms with Gasteiger partial charge in [0.2, 0.25) is 5.91 Å². The first kappa shape index (κ1) is 17.4. The van der Waals surface area contributed by atoms with E-state index in [-0.39, 0.29) is 22.2 Å². The Bertz CT molecular complexity index is 805. The van der Waals surface area contributed by atoms with E-state index in [2.05, 4.69) is 5.32 Å². The van der Waals surface area contributed by atoms with Crippen LogP contribution in [0.15, 0.2) is 42.5 Å². The van der Waals surface area contributed by atoms with Crippen molar-refractivity contribution in [1.29, 1.82) is 0 Å². The number of hydrogen-bond donors (Lipinski definition) is 1. The largest absolute Gasteiger partial charge is 0.322 e. The minimum atomic E-state index is -0.647. The number of benzene rings is 2. The predicted molar refractivity (Wildman–Crippen MR) is 91.6 cm³/mol. The zero-order chi connectivity index (χ0) is 17.9. The smallest absolute Gasteiger partial charge is 0.288 e. The zero-order valence-electron chi connectivity index (χ0n) is 12.9. The van der Waals surface area contributed by atoms with Crippen LogP contribution < -0.4 is 10.2 Å². The van der Waals surface area contributed by atoms with Gasteiger partial charge in [0.25, 0.3) is 11.6 Å². The maximum absolute atomic E-state index is 12.2. The van der Waals surface area contributed by atoms with Gasteiger partial charge in [-0.05, 0) is 36.4 Å². The first-order chi connectivity index (χ1) is 11.3. The number of hydrogen-bond acceptors (Lipinski definition) is 4. The van der Waals surface area contributed by atoms with Crippen LogP contribution in [0.25, 0.3) is 0 Å². The lowest BCUT2D eigenvalue weighted by atomic mass is 10.2. The summed E-state index contributed by atoms with van der Waals surface area (Å²) in [6.45, 7) is 1.45. The van der Waals surface area contributed by atoms with Crippen LogP contribution in [0.3, 0.4) is 0 Å². The topological polar surface area (TPSA) is 92.6 Å². The summed E-state index contributed by atoms with van der Waals surface area (Å²) in [5, 5.41) is 13.5. The van der Waals surface area contributed by atoms with Crippen LogP contribution in [-0.2, 0) is 4.79 Å². The average Bonchev–Trinajstić information content (AvgIpc) is 2.54. The normalized spacial score (nSPS) is 10.1. The van der Waals surface area contributed by atoms with Crippen molar-refractivity contribution in [2.45, 2.75) is 6.92 Å². The van der Waals surface area contributed by atoms with Crippen LogP contribution in [0, 0.1) is 10.1 Å². The van der Waals surface area contributed by atoms with Crippen molar-refractivity contribution in [3.63, 3.8) is 0 Å². The lowest BCUT2D eigenvalue weighted by molar-refractivity contribution is -0.384. The maximum atomic E-state index is 12.2. The Hall–Kier alpha value is -2.93. The third kappa shape index (κ3) is 3.88. The Labute approximate surface area is 143 Å². The molecule has 2 aromatic carbocycles. The molecular weight excluding hydrogens is 334 g/mol. The number of nitro benzene ring substituents is 1. The van der Waals surface area contributed by atoms with E-state index in [1.165, 1.54) is 24.0 Å². The number of anilines is 2. The second kappa shape index (κ2) is 7.10. The molecule has 0 radical (unpaired) electrons. The van der Waals surface area contributed by atoms with E-state index in [9.17, 15) is 19.7 Å². The van der Waals surface area contributed by atoms with Crippen molar-refractivity contribution >= 4 is 40.5 Å². The fourth-order valence-corrected chi connectivity index (χ4v) is 2.13. The predicted octanol–water partition coefficient (Wildman–Crippen LogP) is 3.48. The van der Waals surface area contributed by atoms with Crippen LogP contribution in [-0.4, -0.2) is 23.8 Å². The second-order valence-electron chi connectivity index (χ2n) is 5.00. The summed E-state index contributed by atoms with van der Waals surface area (Å²) in [6, 6.07) is 10.5. The molecule has 7 nitrogen and oxygen atoms in total. The van der Waals surface area contributed by atoms with Gasteiger partial charge < -0.3 is 10.2 Å². The van der Waals surface area contributed by atoms with E-state index in [0.29, 0.717) is 11.4 Å². The molecule has 2 amide bonds. The monoisotopic (exact) mass is 347 g/mol. The Kier molecular flexibility index (Phi) is 5.15. The summed E-state index contributed by atoms with van der Waals surface area (Å²) in [5.41, 5.74) is 0.972. The van der Waals surface area contributed by atoms with E-state index >= 15 is 0 Å². The number of nitrogens with one attached hydrogen (secondary N) is 1. The van der Waals surface area contributed by atoms with Crippen molar-refractivity contribution in [3.8, 4) is 0 Å². The first-order valence-corrected chi connectivity index (χ1v) is 7.27. The van der Waals surface area contributed by atoms with Gasteiger partial charge >= 0.3 is 0 Å². The van der Waals surface area contributed by atoms with Crippen LogP contribution >= 0.6 is 11.6 Å². The van der Waals surface area contributed by atoms with Crippen molar-refractivity contribution < 1.29 is 14.5 Å². The molecule has 2 aromatic rings. The van der Waals surface area contributed by atoms with Gasteiger partial charge in [-0.25, -0.2) is 0 Å². The van der Waals surface area contributed by atoms with Crippen molar-refractivity contribution in [1.82, 2.24) is 0 Å². The molecule has 0 aliphatic heterocycles. The average molecular weight is 348 g/mol. The number of amides is 2. The van der Waals surface area contributed by atoms with E-state index in [1.54, 1.807) is 31.3 Å². The third-order valence-corrected chi connectivity index (χ3v) is 3.71. The Balaban J connectivity index is 2.17. The summed E-state index contributed by atoms with van der Waals surface area (Å²) < 4.78 is 0. The molecule has 0 fully saturated rings. The van der Waals surface area contributed by atoms with Gasteiger partial charge in [0.1, 0.15) is 5.02 Å². The van der Waals surface area contributed by atoms with Gasteiger partial charge in [-0.15, -0.1) is 0 Å². The van der Waals surface area contributed by atoms with Gasteiger partial charge in [0.05, 0.1) is 4.92 Å². The van der Waals surface area contributed by atoms with Gasteiger partial charge in [0, 0.05) is 37.0 Å². The molecule has 0 unspecified atom stereocenters. The molecule has 124 valence electrons. The molecule has 1 N–H and O–H groups in total. The van der Waals surface area contributed by atoms with Gasteiger partial charge in [-0.1, -0.05) is 11.6 Å². The standard InChI is InChI=1S/C16H14ClN3O4/c1-10(21)19(2)13-6-4-12(5-7-13)18-16(22)11-3-8-14(17)15(9-11)20(23)24/h3-9H,1-2H3,(H,18,22).